The molecule has 2 aromatic rings. The second-order valence-electron chi connectivity index (χ2n) is 8.19. The van der Waals surface area contributed by atoms with Gasteiger partial charge in [0.15, 0.2) is 0 Å². The predicted octanol–water partition coefficient (Wildman–Crippen LogP) is 1.38. The molecule has 4 rings (SSSR count). The van der Waals surface area contributed by atoms with E-state index in [0.717, 1.165) is 38.0 Å². The summed E-state index contributed by atoms with van der Waals surface area (Å²) in [6.45, 7) is 2.69. The molecule has 2 fully saturated rings. The quantitative estimate of drug-likeness (QED) is 0.809. The van der Waals surface area contributed by atoms with Crippen molar-refractivity contribution in [2.75, 3.05) is 26.2 Å². The number of likely N-dealkylation sites (tertiary alicyclic amines) is 1. The Morgan fingerprint density at radius 1 is 1.30 bits per heavy atom. The minimum absolute atomic E-state index is 0.0456. The van der Waals surface area contributed by atoms with Crippen molar-refractivity contribution in [3.63, 3.8) is 0 Å². The van der Waals surface area contributed by atoms with E-state index in [2.05, 4.69) is 39.6 Å². The molecular weight excluding hydrogens is 338 g/mol. The van der Waals surface area contributed by atoms with Crippen molar-refractivity contribution >= 4 is 5.91 Å². The molecule has 2 atom stereocenters. The fraction of sp³-hybridized carbons (Fsp3) is 0.524. The van der Waals surface area contributed by atoms with Crippen molar-refractivity contribution in [2.45, 2.75) is 36.6 Å². The molecule has 2 aliphatic rings. The van der Waals surface area contributed by atoms with Crippen LogP contribution in [0.5, 0.6) is 0 Å². The van der Waals surface area contributed by atoms with Gasteiger partial charge in [0.1, 0.15) is 0 Å². The van der Waals surface area contributed by atoms with Gasteiger partial charge in [-0.15, -0.1) is 0 Å². The van der Waals surface area contributed by atoms with Crippen LogP contribution in [-0.2, 0) is 17.3 Å². The number of nitrogens with one attached hydrogen (secondary N) is 1. The summed E-state index contributed by atoms with van der Waals surface area (Å²) in [4.78, 5) is 14.7. The maximum atomic E-state index is 12.6. The Kier molecular flexibility index (Phi) is 5.02. The van der Waals surface area contributed by atoms with Gasteiger partial charge in [0.05, 0.1) is 12.7 Å². The molecule has 1 saturated carbocycles. The molecule has 144 valence electrons. The Bertz CT molecular complexity index is 783. The zero-order valence-corrected chi connectivity index (χ0v) is 16.0. The number of nitrogens with two attached hydrogens (primary N) is 1. The van der Waals surface area contributed by atoms with Gasteiger partial charge in [-0.2, -0.15) is 5.10 Å². The van der Waals surface area contributed by atoms with Crippen molar-refractivity contribution in [3.8, 4) is 0 Å². The molecule has 1 aliphatic carbocycles. The third-order valence-corrected chi connectivity index (χ3v) is 6.28. The average Bonchev–Trinajstić information content (AvgIpc) is 3.20. The van der Waals surface area contributed by atoms with E-state index in [4.69, 9.17) is 5.73 Å². The Balaban J connectivity index is 1.31. The summed E-state index contributed by atoms with van der Waals surface area (Å²) >= 11 is 0. The molecule has 6 nitrogen and oxygen atoms in total. The number of carbonyl (C=O) groups excluding carboxylic acids is 1. The molecule has 1 amide bonds. The van der Waals surface area contributed by atoms with E-state index in [9.17, 15) is 4.79 Å². The van der Waals surface area contributed by atoms with E-state index in [1.165, 1.54) is 12.0 Å². The van der Waals surface area contributed by atoms with Crippen molar-refractivity contribution in [1.82, 2.24) is 20.0 Å². The fourth-order valence-corrected chi connectivity index (χ4v) is 4.52. The van der Waals surface area contributed by atoms with E-state index >= 15 is 0 Å². The number of hydrogen-bond donors (Lipinski definition) is 2. The highest BCUT2D eigenvalue weighted by Gasteiger charge is 2.39. The van der Waals surface area contributed by atoms with E-state index < -0.39 is 0 Å². The summed E-state index contributed by atoms with van der Waals surface area (Å²) < 4.78 is 1.80. The molecule has 1 aliphatic heterocycles. The van der Waals surface area contributed by atoms with Crippen LogP contribution in [0.3, 0.4) is 0 Å². The zero-order chi connectivity index (χ0) is 18.9. The van der Waals surface area contributed by atoms with Crippen molar-refractivity contribution < 1.29 is 4.79 Å². The largest absolute Gasteiger partial charge is 0.354 e. The van der Waals surface area contributed by atoms with Crippen LogP contribution in [-0.4, -0.2) is 52.8 Å². The van der Waals surface area contributed by atoms with E-state index in [0.29, 0.717) is 6.54 Å². The van der Waals surface area contributed by atoms with Gasteiger partial charge in [0, 0.05) is 50.3 Å². The highest BCUT2D eigenvalue weighted by molar-refractivity contribution is 5.78. The lowest BCUT2D eigenvalue weighted by Crippen LogP contribution is -2.47. The molecule has 1 aromatic heterocycles. The predicted molar refractivity (Wildman–Crippen MR) is 105 cm³/mol. The molecule has 0 unspecified atom stereocenters. The number of aromatic nitrogens is 2. The maximum Gasteiger partial charge on any atom is 0.234 e. The average molecular weight is 367 g/mol. The van der Waals surface area contributed by atoms with E-state index in [-0.39, 0.29) is 23.3 Å². The molecule has 3 N–H and O–H groups in total. The van der Waals surface area contributed by atoms with Crippen LogP contribution < -0.4 is 11.1 Å². The maximum absolute atomic E-state index is 12.6. The Labute approximate surface area is 160 Å². The van der Waals surface area contributed by atoms with Gasteiger partial charge in [-0.1, -0.05) is 36.8 Å². The van der Waals surface area contributed by atoms with Crippen LogP contribution in [0, 0.1) is 0 Å². The van der Waals surface area contributed by atoms with Gasteiger partial charge in [0.25, 0.3) is 0 Å². The summed E-state index contributed by atoms with van der Waals surface area (Å²) in [5.74, 6) is 0.338. The van der Waals surface area contributed by atoms with Gasteiger partial charge < -0.3 is 11.1 Å². The summed E-state index contributed by atoms with van der Waals surface area (Å²) in [5, 5.41) is 7.43. The fourth-order valence-electron chi connectivity index (χ4n) is 4.52. The summed E-state index contributed by atoms with van der Waals surface area (Å²) in [6, 6.07) is 10.6. The van der Waals surface area contributed by atoms with Crippen LogP contribution in [0.25, 0.3) is 0 Å². The smallest absolute Gasteiger partial charge is 0.234 e. The lowest BCUT2D eigenvalue weighted by atomic mass is 9.64. The number of amides is 1. The molecular formula is C21H29N5O. The second kappa shape index (κ2) is 7.44. The third kappa shape index (κ3) is 3.77. The molecule has 2 heterocycles. The number of hydrogen-bond acceptors (Lipinski definition) is 4. The summed E-state index contributed by atoms with van der Waals surface area (Å²) in [6.07, 6.45) is 7.44. The number of nitrogens with zero attached hydrogens (tertiary/aromatic N) is 3. The standard InChI is InChI=1S/C21H29N5O/c1-25-11-16(10-24-25)18-12-26(13-19(18)22)14-20(27)23-15-21(8-5-9-21)17-6-3-2-4-7-17/h2-4,6-7,10-11,18-19H,5,8-9,12-15,22H2,1H3,(H,23,27)/t18-,19+/m0/s1. The highest BCUT2D eigenvalue weighted by atomic mass is 16.2. The summed E-state index contributed by atoms with van der Waals surface area (Å²) in [7, 11) is 1.91. The molecule has 0 bridgehead atoms. The van der Waals surface area contributed by atoms with Crippen LogP contribution in [0.15, 0.2) is 42.7 Å². The first-order valence-electron chi connectivity index (χ1n) is 9.84. The molecule has 1 saturated heterocycles. The number of aryl methyl sites for hydroxylation is 1. The Morgan fingerprint density at radius 2 is 2.07 bits per heavy atom. The minimum atomic E-state index is 0.0456. The summed E-state index contributed by atoms with van der Waals surface area (Å²) in [5.41, 5.74) is 8.95. The number of rotatable bonds is 6. The van der Waals surface area contributed by atoms with Crippen molar-refractivity contribution in [3.05, 3.63) is 53.9 Å². The lowest BCUT2D eigenvalue weighted by Gasteiger charge is -2.42. The lowest BCUT2D eigenvalue weighted by molar-refractivity contribution is -0.122. The minimum Gasteiger partial charge on any atom is -0.354 e. The molecule has 0 radical (unpaired) electrons. The third-order valence-electron chi connectivity index (χ3n) is 6.28. The van der Waals surface area contributed by atoms with Gasteiger partial charge >= 0.3 is 0 Å². The molecule has 0 spiro atoms. The van der Waals surface area contributed by atoms with Crippen LogP contribution >= 0.6 is 0 Å². The topological polar surface area (TPSA) is 76.2 Å². The van der Waals surface area contributed by atoms with Crippen LogP contribution in [0.4, 0.5) is 0 Å². The van der Waals surface area contributed by atoms with Crippen LogP contribution in [0.1, 0.15) is 36.3 Å². The SMILES string of the molecule is Cn1cc([C@@H]2CN(CC(=O)NCC3(c4ccccc4)CCC3)C[C@H]2N)cn1. The number of carbonyl (C=O) groups is 1. The number of benzene rings is 1. The van der Waals surface area contributed by atoms with Crippen molar-refractivity contribution in [2.24, 2.45) is 12.8 Å². The normalized spacial score (nSPS) is 24.5. The second-order valence-corrected chi connectivity index (χ2v) is 8.19. The highest BCUT2D eigenvalue weighted by Crippen LogP contribution is 2.43. The van der Waals surface area contributed by atoms with Gasteiger partial charge in [-0.05, 0) is 24.0 Å². The first-order chi connectivity index (χ1) is 13.1. The molecule has 6 heteroatoms. The first-order valence-corrected chi connectivity index (χ1v) is 9.84. The van der Waals surface area contributed by atoms with Crippen LogP contribution in [0.2, 0.25) is 0 Å². The molecule has 1 aromatic carbocycles. The van der Waals surface area contributed by atoms with Gasteiger partial charge in [-0.25, -0.2) is 0 Å². The zero-order valence-electron chi connectivity index (χ0n) is 16.0. The first kappa shape index (κ1) is 18.2. The van der Waals surface area contributed by atoms with Gasteiger partial charge in [-0.3, -0.25) is 14.4 Å². The van der Waals surface area contributed by atoms with E-state index in [1.54, 1.807) is 4.68 Å². The Morgan fingerprint density at radius 3 is 2.70 bits per heavy atom. The monoisotopic (exact) mass is 367 g/mol. The van der Waals surface area contributed by atoms with E-state index in [1.807, 2.05) is 25.5 Å². The van der Waals surface area contributed by atoms with Gasteiger partial charge in [0.2, 0.25) is 5.91 Å². The Hall–Kier alpha value is -2.18. The van der Waals surface area contributed by atoms with Crippen molar-refractivity contribution in [1.29, 1.82) is 0 Å². The molecule has 27 heavy (non-hydrogen) atoms.